The molecule has 5 aliphatic heterocycles. The Morgan fingerprint density at radius 3 is 1.21 bits per heavy atom. The van der Waals surface area contributed by atoms with Crippen LogP contribution in [-0.4, -0.2) is 143 Å². The molecule has 0 saturated carbocycles. The van der Waals surface area contributed by atoms with Crippen LogP contribution in [0, 0.1) is 0 Å². The molecule has 3 unspecified atom stereocenters. The van der Waals surface area contributed by atoms with E-state index < -0.39 is 220 Å². The van der Waals surface area contributed by atoms with Crippen molar-refractivity contribution < 1.29 is 129 Å². The van der Waals surface area contributed by atoms with E-state index in [9.17, 15) is 106 Å². The van der Waals surface area contributed by atoms with Gasteiger partial charge in [0.1, 0.15) is 12.7 Å². The van der Waals surface area contributed by atoms with Crippen LogP contribution in [0.2, 0.25) is 0 Å². The highest BCUT2D eigenvalue weighted by Crippen LogP contribution is 2.62. The molecule has 0 aliphatic carbocycles. The third-order valence-corrected chi connectivity index (χ3v) is 11.4. The fraction of sp³-hybridized carbons (Fsp3) is 0.146. The van der Waals surface area contributed by atoms with Gasteiger partial charge in [0.05, 0.1) is 27.8 Å². The highest BCUT2D eigenvalue weighted by Gasteiger charge is 2.55. The van der Waals surface area contributed by atoms with Gasteiger partial charge in [0, 0.05) is 38.9 Å². The summed E-state index contributed by atoms with van der Waals surface area (Å²) in [7, 11) is 0. The van der Waals surface area contributed by atoms with Gasteiger partial charge in [-0.2, -0.15) is 0 Å². The minimum Gasteiger partial charge on any atom is -0.504 e. The molecule has 16 N–H and O–H groups in total. The number of phenols is 15. The van der Waals surface area contributed by atoms with Crippen molar-refractivity contribution in [1.29, 1.82) is 0 Å². The monoisotopic (exact) mass is 934 g/mol. The second-order valence-electron chi connectivity index (χ2n) is 15.0. The van der Waals surface area contributed by atoms with Gasteiger partial charge in [-0.15, -0.1) is 0 Å². The summed E-state index contributed by atoms with van der Waals surface area (Å²) in [5.41, 5.74) is -14.9. The van der Waals surface area contributed by atoms with Crippen LogP contribution < -0.4 is 0 Å². The molecular formula is C41H26O26. The Balaban J connectivity index is 1.44. The number of benzene rings is 5. The van der Waals surface area contributed by atoms with Crippen LogP contribution >= 0.6 is 0 Å². The van der Waals surface area contributed by atoms with E-state index >= 15 is 0 Å². The lowest BCUT2D eigenvalue weighted by Gasteiger charge is -2.40. The van der Waals surface area contributed by atoms with Gasteiger partial charge in [-0.3, -0.25) is 0 Å². The molecule has 0 radical (unpaired) electrons. The molecule has 5 aromatic carbocycles. The summed E-state index contributed by atoms with van der Waals surface area (Å²) < 4.78 is 27.8. The van der Waals surface area contributed by atoms with E-state index in [1.807, 2.05) is 0 Å². The summed E-state index contributed by atoms with van der Waals surface area (Å²) >= 11 is 0. The number of hydrogen-bond donors (Lipinski definition) is 16. The van der Waals surface area contributed by atoms with Gasteiger partial charge in [-0.05, 0) is 18.2 Å². The molecule has 5 heterocycles. The molecule has 346 valence electrons. The lowest BCUT2D eigenvalue weighted by atomic mass is 9.80. The fourth-order valence-corrected chi connectivity index (χ4v) is 8.39. The number of fused-ring (bicyclic) bond motifs is 7. The molecule has 0 spiro atoms. The van der Waals surface area contributed by atoms with Gasteiger partial charge in [-0.1, -0.05) is 0 Å². The fourth-order valence-electron chi connectivity index (χ4n) is 8.39. The highest BCUT2D eigenvalue weighted by molar-refractivity contribution is 6.16. The first-order valence-electron chi connectivity index (χ1n) is 18.6. The first kappa shape index (κ1) is 42.7. The summed E-state index contributed by atoms with van der Waals surface area (Å²) in [6, 6.07) is 1.07. The molecule has 0 fully saturated rings. The molecule has 0 aromatic heterocycles. The van der Waals surface area contributed by atoms with Gasteiger partial charge < -0.3 is 105 Å². The van der Waals surface area contributed by atoms with Crippen LogP contribution in [0.5, 0.6) is 86.2 Å². The topological polar surface area (TPSA) is 455 Å². The number of aliphatic hydroxyl groups is 1. The van der Waals surface area contributed by atoms with Crippen molar-refractivity contribution in [1.82, 2.24) is 0 Å². The first-order valence-corrected chi connectivity index (χ1v) is 18.6. The number of carbonyl (C=O) groups excluding carboxylic acids is 5. The number of cyclic esters (lactones) is 1. The van der Waals surface area contributed by atoms with Crippen molar-refractivity contribution in [2.75, 3.05) is 6.61 Å². The van der Waals surface area contributed by atoms with Crippen LogP contribution in [0.3, 0.4) is 0 Å². The Hall–Kier alpha value is -9.59. The Kier molecular flexibility index (Phi) is 9.05. The van der Waals surface area contributed by atoms with E-state index in [0.29, 0.717) is 18.2 Å². The van der Waals surface area contributed by atoms with Crippen LogP contribution in [0.1, 0.15) is 63.5 Å². The van der Waals surface area contributed by atoms with Crippen LogP contribution in [0.25, 0.3) is 33.4 Å². The van der Waals surface area contributed by atoms with Gasteiger partial charge in [0.15, 0.2) is 81.9 Å². The predicted molar refractivity (Wildman–Crippen MR) is 206 cm³/mol. The Bertz CT molecular complexity index is 3190. The minimum atomic E-state index is -2.79. The maximum absolute atomic E-state index is 15.0. The molecule has 10 rings (SSSR count). The number of ether oxygens (including phenoxy) is 5. The molecule has 0 saturated heterocycles. The molecule has 26 heteroatoms. The van der Waals surface area contributed by atoms with Crippen LogP contribution in [0.4, 0.5) is 0 Å². The molecular weight excluding hydrogens is 908 g/mol. The summed E-state index contributed by atoms with van der Waals surface area (Å²) in [6.45, 7) is -1.51. The second kappa shape index (κ2) is 14.2. The van der Waals surface area contributed by atoms with Crippen molar-refractivity contribution in [2.24, 2.45) is 0 Å². The maximum Gasteiger partial charge on any atom is 0.340 e. The number of rotatable bonds is 0. The summed E-state index contributed by atoms with van der Waals surface area (Å²) in [6.07, 6.45) is -13.4. The lowest BCUT2D eigenvalue weighted by molar-refractivity contribution is -0.154. The third-order valence-electron chi connectivity index (χ3n) is 11.4. The van der Waals surface area contributed by atoms with Crippen molar-refractivity contribution >= 4 is 29.8 Å². The van der Waals surface area contributed by atoms with Gasteiger partial charge in [0.25, 0.3) is 0 Å². The highest BCUT2D eigenvalue weighted by atomic mass is 16.6. The number of phenolic OH excluding ortho intramolecular Hbond substituents is 15. The number of carbonyl (C=O) groups is 5. The maximum atomic E-state index is 15.0. The molecule has 0 amide bonds. The summed E-state index contributed by atoms with van der Waals surface area (Å²) in [4.78, 5) is 72.4. The predicted octanol–water partition coefficient (Wildman–Crippen LogP) is 1.32. The Morgan fingerprint density at radius 2 is 0.701 bits per heavy atom. The number of aromatic hydroxyl groups is 15. The SMILES string of the molecule is O=C1OCC2OC(=O)c3cc(O)c(O)c(O)c3-c3c(O)c(O)c(O)c4c3C(=O)OC(C2OC(=O)c2cc(O)c(O)c(O)c2-c2c1cc(O)c(O)c2O)[C@H]1OC(=O)c2c-4c(O)c(O)c(O)c2[C@H]1O. The summed E-state index contributed by atoms with van der Waals surface area (Å²) in [5.74, 6) is -32.1. The van der Waals surface area contributed by atoms with E-state index in [4.69, 9.17) is 23.7 Å². The van der Waals surface area contributed by atoms with Crippen LogP contribution in [-0.2, 0) is 23.7 Å². The second-order valence-corrected chi connectivity index (χ2v) is 15.0. The van der Waals surface area contributed by atoms with E-state index in [1.54, 1.807) is 0 Å². The van der Waals surface area contributed by atoms with Crippen LogP contribution in [0.15, 0.2) is 18.2 Å². The van der Waals surface area contributed by atoms with Gasteiger partial charge >= 0.3 is 29.8 Å². The number of aliphatic hydroxyl groups excluding tert-OH is 1. The molecule has 5 aliphatic rings. The largest absolute Gasteiger partial charge is 0.504 e. The Morgan fingerprint density at radius 1 is 0.343 bits per heavy atom. The third kappa shape index (κ3) is 5.68. The van der Waals surface area contributed by atoms with E-state index in [-0.39, 0.29) is 0 Å². The minimum absolute atomic E-state index is 0.323. The zero-order valence-electron chi connectivity index (χ0n) is 32.6. The molecule has 26 nitrogen and oxygen atoms in total. The molecule has 5 atom stereocenters. The van der Waals surface area contributed by atoms with E-state index in [0.717, 1.165) is 0 Å². The summed E-state index contributed by atoms with van der Waals surface area (Å²) in [5, 5.41) is 177. The first-order chi connectivity index (χ1) is 31.5. The van der Waals surface area contributed by atoms with E-state index in [2.05, 4.69) is 0 Å². The standard InChI is InChI=1S/C41H26O26/c42-8-1-5-12(24(48)21(8)45)13-6(2-9(43)22(46)25(13)49)39(60)65-34-11(4-63-37(5)58)64-38(59)7-3-10(44)23(47)26(50)14(7)15-18-16(28(52)32(56)27(15)51)17-19-20(30(54)33(57)29(17)53)31(55)35(66-41(19)62)36(34)67-40(18)61/h1-3,11,31,34-36,42-57H,4H2/t11?,31-,34?,35+,36?/m1/s1. The Labute approximate surface area is 367 Å². The molecule has 5 aromatic rings. The van der Waals surface area contributed by atoms with Crippen molar-refractivity contribution in [3.63, 3.8) is 0 Å². The van der Waals surface area contributed by atoms with Gasteiger partial charge in [0.2, 0.25) is 28.7 Å². The molecule has 6 bridgehead atoms. The lowest BCUT2D eigenvalue weighted by Crippen LogP contribution is -2.56. The zero-order chi connectivity index (χ0) is 48.7. The smallest absolute Gasteiger partial charge is 0.340 e. The quantitative estimate of drug-likeness (QED) is 0.0591. The number of hydrogen-bond acceptors (Lipinski definition) is 26. The van der Waals surface area contributed by atoms with Gasteiger partial charge in [-0.25, -0.2) is 24.0 Å². The number of esters is 5. The van der Waals surface area contributed by atoms with Crippen molar-refractivity contribution in [2.45, 2.75) is 30.5 Å². The van der Waals surface area contributed by atoms with Crippen molar-refractivity contribution in [3.8, 4) is 120 Å². The molecule has 67 heavy (non-hydrogen) atoms. The zero-order valence-corrected chi connectivity index (χ0v) is 32.6. The van der Waals surface area contributed by atoms with E-state index in [1.165, 1.54) is 0 Å². The van der Waals surface area contributed by atoms with Crippen molar-refractivity contribution in [3.05, 3.63) is 51.6 Å². The normalized spacial score (nSPS) is 20.6. The average Bonchev–Trinajstić information content (AvgIpc) is 3.30. The average molecular weight is 935 g/mol.